The zero-order chi connectivity index (χ0) is 16.9. The molecule has 9 heteroatoms. The summed E-state index contributed by atoms with van der Waals surface area (Å²) in [4.78, 5) is 13.4. The monoisotopic (exact) mass is 351 g/mol. The van der Waals surface area contributed by atoms with Gasteiger partial charge in [-0.1, -0.05) is 11.6 Å². The molecule has 0 radical (unpaired) electrons. The van der Waals surface area contributed by atoms with Crippen LogP contribution in [0.25, 0.3) is 21.9 Å². The van der Waals surface area contributed by atoms with Crippen molar-refractivity contribution in [2.45, 2.75) is 6.18 Å². The molecule has 0 spiro atoms. The van der Waals surface area contributed by atoms with Gasteiger partial charge in [0.25, 0.3) is 0 Å². The number of aromatic amines is 2. The van der Waals surface area contributed by atoms with Crippen LogP contribution in [-0.4, -0.2) is 19.9 Å². The molecule has 0 atom stereocenters. The molecule has 0 saturated carbocycles. The Hall–Kier alpha value is -2.74. The van der Waals surface area contributed by atoms with Gasteiger partial charge in [-0.15, -0.1) is 0 Å². The van der Waals surface area contributed by atoms with Gasteiger partial charge >= 0.3 is 6.18 Å². The van der Waals surface area contributed by atoms with E-state index in [1.54, 1.807) is 12.3 Å². The highest BCUT2D eigenvalue weighted by atomic mass is 35.5. The summed E-state index contributed by atoms with van der Waals surface area (Å²) in [5, 5.41) is 4.42. The molecular formula is C15H9ClF3N5. The van der Waals surface area contributed by atoms with Crippen LogP contribution in [0.1, 0.15) is 5.69 Å². The third-order valence-electron chi connectivity index (χ3n) is 3.54. The average Bonchev–Trinajstić information content (AvgIpc) is 3.11. The van der Waals surface area contributed by atoms with Crippen molar-refractivity contribution >= 4 is 45.2 Å². The Balaban J connectivity index is 1.70. The van der Waals surface area contributed by atoms with Crippen molar-refractivity contribution in [3.63, 3.8) is 0 Å². The minimum absolute atomic E-state index is 0.173. The first kappa shape index (κ1) is 14.8. The molecule has 0 fully saturated rings. The number of halogens is 4. The van der Waals surface area contributed by atoms with Gasteiger partial charge < -0.3 is 15.3 Å². The number of hydrogen-bond donors (Lipinski definition) is 3. The van der Waals surface area contributed by atoms with E-state index >= 15 is 0 Å². The standard InChI is InChI=1S/C15H9ClF3N5/c16-9-3-7(4-10-8(9)1-2-20-10)22-14-23-11-5-13(15(17,18)19)21-6-12(11)24-14/h1-6,20H,(H2,22,23,24). The molecule has 4 aromatic rings. The lowest BCUT2D eigenvalue weighted by atomic mass is 10.2. The number of hydrogen-bond acceptors (Lipinski definition) is 3. The summed E-state index contributed by atoms with van der Waals surface area (Å²) in [6.45, 7) is 0. The van der Waals surface area contributed by atoms with Crippen LogP contribution in [0.3, 0.4) is 0 Å². The summed E-state index contributed by atoms with van der Waals surface area (Å²) < 4.78 is 38.1. The first-order valence-corrected chi connectivity index (χ1v) is 7.24. The Labute approximate surface area is 137 Å². The SMILES string of the molecule is FC(F)(F)c1cc2nc(Nc3cc(Cl)c4cc[nH]c4c3)[nH]c2cn1. The van der Waals surface area contributed by atoms with Gasteiger partial charge in [0.1, 0.15) is 5.69 Å². The fourth-order valence-electron chi connectivity index (χ4n) is 2.45. The summed E-state index contributed by atoms with van der Waals surface area (Å²) in [6.07, 6.45) is -1.63. The highest BCUT2D eigenvalue weighted by Gasteiger charge is 2.32. The molecular weight excluding hydrogens is 343 g/mol. The van der Waals surface area contributed by atoms with E-state index in [1.165, 1.54) is 0 Å². The lowest BCUT2D eigenvalue weighted by Gasteiger charge is -2.04. The Morgan fingerprint density at radius 2 is 1.96 bits per heavy atom. The van der Waals surface area contributed by atoms with Crippen LogP contribution in [0, 0.1) is 0 Å². The fourth-order valence-corrected chi connectivity index (χ4v) is 2.74. The lowest BCUT2D eigenvalue weighted by Crippen LogP contribution is -2.07. The molecule has 1 aromatic carbocycles. The van der Waals surface area contributed by atoms with Crippen molar-refractivity contribution < 1.29 is 13.2 Å². The van der Waals surface area contributed by atoms with E-state index < -0.39 is 11.9 Å². The van der Waals surface area contributed by atoms with Crippen LogP contribution in [0.2, 0.25) is 5.02 Å². The highest BCUT2D eigenvalue weighted by Crippen LogP contribution is 2.31. The number of nitrogens with one attached hydrogen (secondary N) is 3. The zero-order valence-corrected chi connectivity index (χ0v) is 12.6. The van der Waals surface area contributed by atoms with Gasteiger partial charge in [-0.05, 0) is 24.3 Å². The van der Waals surface area contributed by atoms with Crippen molar-refractivity contribution in [3.8, 4) is 0 Å². The summed E-state index contributed by atoms with van der Waals surface area (Å²) in [6, 6.07) is 6.29. The van der Waals surface area contributed by atoms with E-state index in [1.807, 2.05) is 12.1 Å². The van der Waals surface area contributed by atoms with Crippen molar-refractivity contribution in [3.05, 3.63) is 47.4 Å². The molecule has 3 heterocycles. The Bertz CT molecular complexity index is 1050. The number of rotatable bonds is 2. The molecule has 0 unspecified atom stereocenters. The van der Waals surface area contributed by atoms with E-state index in [0.29, 0.717) is 22.2 Å². The molecule has 4 rings (SSSR count). The molecule has 3 aromatic heterocycles. The van der Waals surface area contributed by atoms with Gasteiger partial charge in [0.2, 0.25) is 5.95 Å². The Morgan fingerprint density at radius 1 is 1.12 bits per heavy atom. The second-order valence-corrected chi connectivity index (χ2v) is 5.60. The largest absolute Gasteiger partial charge is 0.433 e. The Morgan fingerprint density at radius 3 is 2.75 bits per heavy atom. The molecule has 0 aliphatic heterocycles. The quantitative estimate of drug-likeness (QED) is 0.483. The van der Waals surface area contributed by atoms with Gasteiger partial charge in [0.15, 0.2) is 0 Å². The van der Waals surface area contributed by atoms with Crippen LogP contribution in [0.15, 0.2) is 36.7 Å². The third-order valence-corrected chi connectivity index (χ3v) is 3.85. The summed E-state index contributed by atoms with van der Waals surface area (Å²) in [7, 11) is 0. The molecule has 0 amide bonds. The van der Waals surface area contributed by atoms with Gasteiger partial charge in [-0.3, -0.25) is 0 Å². The molecule has 3 N–H and O–H groups in total. The number of imidazole rings is 1. The van der Waals surface area contributed by atoms with Crippen molar-refractivity contribution in [2.75, 3.05) is 5.32 Å². The second kappa shape index (κ2) is 5.13. The van der Waals surface area contributed by atoms with Crippen LogP contribution in [-0.2, 0) is 6.18 Å². The smallest absolute Gasteiger partial charge is 0.361 e. The molecule has 0 aliphatic rings. The van der Waals surface area contributed by atoms with Gasteiger partial charge in [-0.25, -0.2) is 9.97 Å². The van der Waals surface area contributed by atoms with E-state index in [2.05, 4.69) is 25.3 Å². The Kier molecular flexibility index (Phi) is 3.17. The van der Waals surface area contributed by atoms with E-state index in [4.69, 9.17) is 11.6 Å². The van der Waals surface area contributed by atoms with Gasteiger partial charge in [0.05, 0.1) is 22.3 Å². The lowest BCUT2D eigenvalue weighted by molar-refractivity contribution is -0.141. The third kappa shape index (κ3) is 2.54. The van der Waals surface area contributed by atoms with Crippen molar-refractivity contribution in [2.24, 2.45) is 0 Å². The highest BCUT2D eigenvalue weighted by molar-refractivity contribution is 6.35. The number of nitrogens with zero attached hydrogens (tertiary/aromatic N) is 2. The maximum Gasteiger partial charge on any atom is 0.433 e. The maximum atomic E-state index is 12.7. The number of aromatic nitrogens is 4. The molecule has 24 heavy (non-hydrogen) atoms. The first-order chi connectivity index (χ1) is 11.4. The van der Waals surface area contributed by atoms with Gasteiger partial charge in [-0.2, -0.15) is 13.2 Å². The minimum atomic E-state index is -4.51. The van der Waals surface area contributed by atoms with E-state index in [0.717, 1.165) is 23.2 Å². The maximum absolute atomic E-state index is 12.7. The molecule has 0 saturated heterocycles. The molecule has 0 bridgehead atoms. The summed E-state index contributed by atoms with van der Waals surface area (Å²) >= 11 is 6.19. The van der Waals surface area contributed by atoms with Crippen molar-refractivity contribution in [1.29, 1.82) is 0 Å². The zero-order valence-electron chi connectivity index (χ0n) is 11.9. The number of alkyl halides is 3. The summed E-state index contributed by atoms with van der Waals surface area (Å²) in [5.41, 5.74) is 1.08. The van der Waals surface area contributed by atoms with Crippen LogP contribution >= 0.6 is 11.6 Å². The number of fused-ring (bicyclic) bond motifs is 2. The normalized spacial score (nSPS) is 12.2. The molecule has 5 nitrogen and oxygen atoms in total. The minimum Gasteiger partial charge on any atom is -0.361 e. The van der Waals surface area contributed by atoms with E-state index in [-0.39, 0.29) is 5.52 Å². The average molecular weight is 352 g/mol. The molecule has 122 valence electrons. The number of anilines is 2. The van der Waals surface area contributed by atoms with Crippen molar-refractivity contribution in [1.82, 2.24) is 19.9 Å². The van der Waals surface area contributed by atoms with E-state index in [9.17, 15) is 13.2 Å². The van der Waals surface area contributed by atoms with Crippen LogP contribution < -0.4 is 5.32 Å². The number of H-pyrrole nitrogens is 2. The second-order valence-electron chi connectivity index (χ2n) is 5.19. The van der Waals surface area contributed by atoms with Crippen LogP contribution in [0.5, 0.6) is 0 Å². The topological polar surface area (TPSA) is 69.4 Å². The predicted octanol–water partition coefficient (Wildman–Crippen LogP) is 4.86. The van der Waals surface area contributed by atoms with Crippen LogP contribution in [0.4, 0.5) is 24.8 Å². The molecule has 0 aliphatic carbocycles. The summed E-state index contributed by atoms with van der Waals surface area (Å²) in [5.74, 6) is 0.299. The number of benzene rings is 1. The first-order valence-electron chi connectivity index (χ1n) is 6.87. The number of pyridine rings is 1. The predicted molar refractivity (Wildman–Crippen MR) is 85.5 cm³/mol. The van der Waals surface area contributed by atoms with Gasteiger partial charge in [0, 0.05) is 22.8 Å². The fraction of sp³-hybridized carbons (Fsp3) is 0.0667.